The summed E-state index contributed by atoms with van der Waals surface area (Å²) in [7, 11) is 0. The van der Waals surface area contributed by atoms with E-state index in [0.717, 1.165) is 35.7 Å². The van der Waals surface area contributed by atoms with Crippen LogP contribution in [-0.2, 0) is 4.79 Å². The van der Waals surface area contributed by atoms with E-state index < -0.39 is 0 Å². The van der Waals surface area contributed by atoms with E-state index in [4.69, 9.17) is 0 Å². The standard InChI is InChI=1S/C27H28N6OS/c1-3-32(4-2)23-17-15-21(16-18-23)19-28-29-25(34)20-35-27-31-30-26(22-11-7-5-8-12-22)33(27)24-13-9-6-10-14-24/h5-19H,3-4,20H2,1-2H3,(H,29,34)/b28-19-. The smallest absolute Gasteiger partial charge is 0.250 e. The van der Waals surface area contributed by atoms with E-state index in [-0.39, 0.29) is 11.7 Å². The highest BCUT2D eigenvalue weighted by atomic mass is 32.2. The quantitative estimate of drug-likeness (QED) is 0.194. The van der Waals surface area contributed by atoms with Gasteiger partial charge >= 0.3 is 0 Å². The number of nitrogens with one attached hydrogen (secondary N) is 1. The van der Waals surface area contributed by atoms with Crippen LogP contribution in [-0.4, -0.2) is 45.7 Å². The second-order valence-corrected chi connectivity index (χ2v) is 8.63. The lowest BCUT2D eigenvalue weighted by molar-refractivity contribution is -0.118. The maximum absolute atomic E-state index is 12.4. The third-order valence-electron chi connectivity index (χ3n) is 5.44. The van der Waals surface area contributed by atoms with Crippen LogP contribution >= 0.6 is 11.8 Å². The van der Waals surface area contributed by atoms with Gasteiger partial charge in [0.25, 0.3) is 5.91 Å². The number of rotatable bonds is 10. The molecule has 8 heteroatoms. The minimum Gasteiger partial charge on any atom is -0.372 e. The largest absolute Gasteiger partial charge is 0.372 e. The maximum Gasteiger partial charge on any atom is 0.250 e. The van der Waals surface area contributed by atoms with Gasteiger partial charge in [-0.15, -0.1) is 10.2 Å². The van der Waals surface area contributed by atoms with Crippen molar-refractivity contribution in [2.45, 2.75) is 19.0 Å². The molecule has 1 amide bonds. The highest BCUT2D eigenvalue weighted by Gasteiger charge is 2.17. The van der Waals surface area contributed by atoms with Crippen molar-refractivity contribution in [2.75, 3.05) is 23.7 Å². The Morgan fingerprint density at radius 2 is 1.60 bits per heavy atom. The van der Waals surface area contributed by atoms with Crippen LogP contribution < -0.4 is 10.3 Å². The van der Waals surface area contributed by atoms with E-state index in [1.807, 2.05) is 77.4 Å². The van der Waals surface area contributed by atoms with Gasteiger partial charge in [0.05, 0.1) is 12.0 Å². The highest BCUT2D eigenvalue weighted by Crippen LogP contribution is 2.27. The number of hydrazone groups is 1. The molecular weight excluding hydrogens is 456 g/mol. The summed E-state index contributed by atoms with van der Waals surface area (Å²) in [5, 5.41) is 13.5. The van der Waals surface area contributed by atoms with Gasteiger partial charge in [-0.25, -0.2) is 5.43 Å². The topological polar surface area (TPSA) is 75.4 Å². The van der Waals surface area contributed by atoms with Gasteiger partial charge in [-0.3, -0.25) is 9.36 Å². The molecule has 35 heavy (non-hydrogen) atoms. The monoisotopic (exact) mass is 484 g/mol. The molecule has 0 saturated carbocycles. The number of para-hydroxylation sites is 1. The second-order valence-electron chi connectivity index (χ2n) is 7.69. The van der Waals surface area contributed by atoms with Crippen molar-refractivity contribution in [3.63, 3.8) is 0 Å². The first-order valence-corrected chi connectivity index (χ1v) is 12.5. The molecular formula is C27H28N6OS. The first-order chi connectivity index (χ1) is 17.2. The van der Waals surface area contributed by atoms with Gasteiger partial charge in [0, 0.05) is 30.0 Å². The Kier molecular flexibility index (Phi) is 8.30. The zero-order valence-corrected chi connectivity index (χ0v) is 20.7. The molecule has 0 bridgehead atoms. The average Bonchev–Trinajstić information content (AvgIpc) is 3.34. The molecule has 0 aliphatic heterocycles. The van der Waals surface area contributed by atoms with Crippen LogP contribution in [0.4, 0.5) is 5.69 Å². The molecule has 4 aromatic rings. The van der Waals surface area contributed by atoms with Gasteiger partial charge in [-0.1, -0.05) is 72.4 Å². The number of aromatic nitrogens is 3. The summed E-state index contributed by atoms with van der Waals surface area (Å²) in [6, 6.07) is 27.9. The summed E-state index contributed by atoms with van der Waals surface area (Å²) in [6.45, 7) is 6.19. The van der Waals surface area contributed by atoms with Gasteiger partial charge < -0.3 is 4.90 Å². The minimum absolute atomic E-state index is 0.165. The number of carbonyl (C=O) groups is 1. The van der Waals surface area contributed by atoms with Crippen LogP contribution in [0.3, 0.4) is 0 Å². The third-order valence-corrected chi connectivity index (χ3v) is 6.37. The molecule has 0 aliphatic carbocycles. The SMILES string of the molecule is CCN(CC)c1ccc(/C=N\NC(=O)CSc2nnc(-c3ccccc3)n2-c2ccccc2)cc1. The fraction of sp³-hybridized carbons (Fsp3) is 0.185. The van der Waals surface area contributed by atoms with Crippen LogP contribution in [0.5, 0.6) is 0 Å². The minimum atomic E-state index is -0.213. The van der Waals surface area contributed by atoms with E-state index in [9.17, 15) is 4.79 Å². The molecule has 1 heterocycles. The van der Waals surface area contributed by atoms with Crippen LogP contribution in [0.2, 0.25) is 0 Å². The molecule has 0 radical (unpaired) electrons. The summed E-state index contributed by atoms with van der Waals surface area (Å²) in [5.41, 5.74) is 6.58. The van der Waals surface area contributed by atoms with Crippen molar-refractivity contribution in [1.29, 1.82) is 0 Å². The predicted octanol–water partition coefficient (Wildman–Crippen LogP) is 5.02. The first kappa shape index (κ1) is 24.2. The molecule has 1 aromatic heterocycles. The van der Waals surface area contributed by atoms with Gasteiger partial charge in [0.2, 0.25) is 0 Å². The number of hydrogen-bond acceptors (Lipinski definition) is 6. The fourth-order valence-corrected chi connectivity index (χ4v) is 4.39. The van der Waals surface area contributed by atoms with Crippen LogP contribution in [0.25, 0.3) is 17.1 Å². The predicted molar refractivity (Wildman–Crippen MR) is 143 cm³/mol. The van der Waals surface area contributed by atoms with Crippen molar-refractivity contribution in [3.05, 3.63) is 90.5 Å². The normalized spacial score (nSPS) is 11.0. The third kappa shape index (κ3) is 6.16. The lowest BCUT2D eigenvalue weighted by Crippen LogP contribution is -2.21. The van der Waals surface area contributed by atoms with Crippen molar-refractivity contribution in [3.8, 4) is 17.1 Å². The lowest BCUT2D eigenvalue weighted by Gasteiger charge is -2.20. The van der Waals surface area contributed by atoms with Gasteiger partial charge in [-0.05, 0) is 43.7 Å². The molecule has 0 atom stereocenters. The molecule has 0 unspecified atom stereocenters. The second kappa shape index (κ2) is 12.0. The lowest BCUT2D eigenvalue weighted by atomic mass is 10.2. The Balaban J connectivity index is 1.41. The molecule has 0 spiro atoms. The molecule has 4 rings (SSSR count). The Morgan fingerprint density at radius 1 is 0.943 bits per heavy atom. The molecule has 0 fully saturated rings. The molecule has 3 aromatic carbocycles. The summed E-state index contributed by atoms with van der Waals surface area (Å²) < 4.78 is 1.97. The van der Waals surface area contributed by atoms with Crippen molar-refractivity contribution in [1.82, 2.24) is 20.2 Å². The number of nitrogens with zero attached hydrogens (tertiary/aromatic N) is 5. The van der Waals surface area contributed by atoms with E-state index in [1.165, 1.54) is 17.4 Å². The average molecular weight is 485 g/mol. The Bertz CT molecular complexity index is 1250. The van der Waals surface area contributed by atoms with Crippen LogP contribution in [0.1, 0.15) is 19.4 Å². The van der Waals surface area contributed by atoms with Crippen LogP contribution in [0.15, 0.2) is 95.2 Å². The summed E-state index contributed by atoms with van der Waals surface area (Å²) in [4.78, 5) is 14.7. The molecule has 1 N–H and O–H groups in total. The molecule has 178 valence electrons. The van der Waals surface area contributed by atoms with Crippen molar-refractivity contribution in [2.24, 2.45) is 5.10 Å². The van der Waals surface area contributed by atoms with E-state index >= 15 is 0 Å². The van der Waals surface area contributed by atoms with E-state index in [2.05, 4.69) is 51.6 Å². The fourth-order valence-electron chi connectivity index (χ4n) is 3.65. The molecule has 0 saturated heterocycles. The molecule has 0 aliphatic rings. The van der Waals surface area contributed by atoms with E-state index in [0.29, 0.717) is 5.16 Å². The Labute approximate surface area is 209 Å². The Morgan fingerprint density at radius 3 is 2.26 bits per heavy atom. The number of thioether (sulfide) groups is 1. The number of hydrogen-bond donors (Lipinski definition) is 1. The first-order valence-electron chi connectivity index (χ1n) is 11.6. The number of anilines is 1. The van der Waals surface area contributed by atoms with Crippen molar-refractivity contribution < 1.29 is 4.79 Å². The number of carbonyl (C=O) groups excluding carboxylic acids is 1. The van der Waals surface area contributed by atoms with E-state index in [1.54, 1.807) is 6.21 Å². The van der Waals surface area contributed by atoms with Crippen molar-refractivity contribution >= 4 is 29.6 Å². The highest BCUT2D eigenvalue weighted by molar-refractivity contribution is 7.99. The summed E-state index contributed by atoms with van der Waals surface area (Å²) >= 11 is 1.32. The zero-order valence-electron chi connectivity index (χ0n) is 19.8. The van der Waals surface area contributed by atoms with Gasteiger partial charge in [-0.2, -0.15) is 5.10 Å². The summed E-state index contributed by atoms with van der Waals surface area (Å²) in [6.07, 6.45) is 1.65. The Hall–Kier alpha value is -3.91. The van der Waals surface area contributed by atoms with Crippen LogP contribution in [0, 0.1) is 0 Å². The number of amides is 1. The maximum atomic E-state index is 12.4. The zero-order chi connectivity index (χ0) is 24.5. The van der Waals surface area contributed by atoms with Gasteiger partial charge in [0.1, 0.15) is 0 Å². The number of benzene rings is 3. The summed E-state index contributed by atoms with van der Waals surface area (Å²) in [5.74, 6) is 0.679. The van der Waals surface area contributed by atoms with Gasteiger partial charge in [0.15, 0.2) is 11.0 Å². The molecule has 7 nitrogen and oxygen atoms in total.